The molecule has 0 amide bonds. The Hall–Kier alpha value is -3.26. The van der Waals surface area contributed by atoms with E-state index in [1.807, 2.05) is 6.92 Å². The van der Waals surface area contributed by atoms with Crippen molar-refractivity contribution in [2.45, 2.75) is 13.8 Å². The molecule has 3 rings (SSSR count). The molecule has 1 aromatic carbocycles. The Kier molecular flexibility index (Phi) is 4.21. The first-order valence-electron chi connectivity index (χ1n) is 7.20. The maximum absolute atomic E-state index is 14.0. The van der Waals surface area contributed by atoms with Crippen molar-refractivity contribution in [2.75, 3.05) is 0 Å². The van der Waals surface area contributed by atoms with Crippen LogP contribution in [0.2, 0.25) is 0 Å². The summed E-state index contributed by atoms with van der Waals surface area (Å²) in [7, 11) is 0. The molecule has 5 heteroatoms. The first kappa shape index (κ1) is 15.6. The van der Waals surface area contributed by atoms with Gasteiger partial charge in [0.15, 0.2) is 11.6 Å². The van der Waals surface area contributed by atoms with Crippen molar-refractivity contribution >= 4 is 0 Å². The lowest BCUT2D eigenvalue weighted by Crippen LogP contribution is -1.96. The molecule has 1 radical (unpaired) electrons. The Bertz CT molecular complexity index is 948. The van der Waals surface area contributed by atoms with E-state index in [1.165, 1.54) is 6.07 Å². The summed E-state index contributed by atoms with van der Waals surface area (Å²) in [5.74, 6) is 1.87. The number of rotatable bonds is 3. The number of pyridine rings is 1. The molecule has 0 aliphatic rings. The van der Waals surface area contributed by atoms with Crippen LogP contribution in [0.4, 0.5) is 4.39 Å². The van der Waals surface area contributed by atoms with Crippen molar-refractivity contribution in [3.8, 4) is 35.2 Å². The number of benzene rings is 1. The maximum Gasteiger partial charge on any atom is 0.322 e. The lowest BCUT2D eigenvalue weighted by Gasteiger charge is -2.09. The van der Waals surface area contributed by atoms with Gasteiger partial charge in [0.05, 0.1) is 0 Å². The monoisotopic (exact) mass is 318 g/mol. The number of aromatic nitrogens is 3. The van der Waals surface area contributed by atoms with Crippen molar-refractivity contribution in [3.05, 3.63) is 65.5 Å². The Labute approximate surface area is 139 Å². The van der Waals surface area contributed by atoms with Gasteiger partial charge < -0.3 is 4.74 Å². The summed E-state index contributed by atoms with van der Waals surface area (Å²) in [5.41, 5.74) is 3.62. The van der Waals surface area contributed by atoms with Crippen LogP contribution in [0.15, 0.2) is 36.7 Å². The van der Waals surface area contributed by atoms with Crippen LogP contribution in [-0.2, 0) is 0 Å². The second-order valence-electron chi connectivity index (χ2n) is 5.16. The van der Waals surface area contributed by atoms with Gasteiger partial charge in [-0.15, -0.1) is 6.42 Å². The van der Waals surface area contributed by atoms with E-state index in [1.54, 1.807) is 37.5 Å². The Balaban J connectivity index is 1.99. The van der Waals surface area contributed by atoms with Crippen LogP contribution in [0.3, 0.4) is 0 Å². The van der Waals surface area contributed by atoms with Crippen LogP contribution in [0.1, 0.15) is 17.0 Å². The molecule has 2 heterocycles. The zero-order chi connectivity index (χ0) is 17.1. The van der Waals surface area contributed by atoms with E-state index in [2.05, 4.69) is 26.9 Å². The highest BCUT2D eigenvalue weighted by atomic mass is 19.1. The standard InChI is InChI=1S/C19H13FN3O/c1-4-15-9-12(2)16(11-22-15)14-5-6-17(20)18(10-14)24-19-21-8-7-13(3)23-19/h1,5-9,11H,2-3H3. The summed E-state index contributed by atoms with van der Waals surface area (Å²) in [6.07, 6.45) is 8.53. The number of nitrogens with zero attached hydrogens (tertiary/aromatic N) is 3. The van der Waals surface area contributed by atoms with Gasteiger partial charge in [-0.2, -0.15) is 0 Å². The summed E-state index contributed by atoms with van der Waals surface area (Å²) in [5, 5.41) is 0. The maximum atomic E-state index is 14.0. The van der Waals surface area contributed by atoms with Crippen molar-refractivity contribution in [3.63, 3.8) is 0 Å². The molecule has 0 atom stereocenters. The second kappa shape index (κ2) is 6.47. The van der Waals surface area contributed by atoms with Gasteiger partial charge in [0.2, 0.25) is 0 Å². The number of ether oxygens (including phenoxy) is 1. The SMILES string of the molecule is C#Cc1cc(C)c(-c2[c]c(Oc3nccc(C)n3)c(F)cc2)cn1. The topological polar surface area (TPSA) is 47.9 Å². The average molecular weight is 318 g/mol. The van der Waals surface area contributed by atoms with Gasteiger partial charge >= 0.3 is 6.01 Å². The van der Waals surface area contributed by atoms with E-state index in [0.29, 0.717) is 11.3 Å². The highest BCUT2D eigenvalue weighted by molar-refractivity contribution is 5.67. The molecule has 2 aromatic heterocycles. The average Bonchev–Trinajstić information content (AvgIpc) is 2.57. The number of hydrogen-bond donors (Lipinski definition) is 0. The second-order valence-corrected chi connectivity index (χ2v) is 5.16. The van der Waals surface area contributed by atoms with Crippen LogP contribution in [0.5, 0.6) is 11.8 Å². The summed E-state index contributed by atoms with van der Waals surface area (Å²) in [4.78, 5) is 12.2. The van der Waals surface area contributed by atoms with E-state index >= 15 is 0 Å². The molecule has 0 aliphatic heterocycles. The van der Waals surface area contributed by atoms with Gasteiger partial charge in [-0.1, -0.05) is 12.0 Å². The fourth-order valence-corrected chi connectivity index (χ4v) is 2.17. The van der Waals surface area contributed by atoms with Gasteiger partial charge in [-0.3, -0.25) is 0 Å². The van der Waals surface area contributed by atoms with E-state index in [0.717, 1.165) is 16.8 Å². The number of hydrogen-bond acceptors (Lipinski definition) is 4. The molecule has 0 N–H and O–H groups in total. The third kappa shape index (κ3) is 3.23. The molecule has 0 fully saturated rings. The Morgan fingerprint density at radius 2 is 2.04 bits per heavy atom. The predicted molar refractivity (Wildman–Crippen MR) is 88.0 cm³/mol. The van der Waals surface area contributed by atoms with Crippen LogP contribution in [0.25, 0.3) is 11.1 Å². The Morgan fingerprint density at radius 3 is 2.75 bits per heavy atom. The van der Waals surface area contributed by atoms with Crippen LogP contribution in [-0.4, -0.2) is 15.0 Å². The smallest absolute Gasteiger partial charge is 0.322 e. The van der Waals surface area contributed by atoms with Crippen LogP contribution < -0.4 is 4.74 Å². The molecule has 24 heavy (non-hydrogen) atoms. The van der Waals surface area contributed by atoms with Crippen molar-refractivity contribution in [1.82, 2.24) is 15.0 Å². The zero-order valence-electron chi connectivity index (χ0n) is 13.2. The first-order chi connectivity index (χ1) is 11.6. The zero-order valence-corrected chi connectivity index (χ0v) is 13.2. The van der Waals surface area contributed by atoms with Crippen molar-refractivity contribution < 1.29 is 9.13 Å². The molecular weight excluding hydrogens is 305 g/mol. The normalized spacial score (nSPS) is 10.2. The van der Waals surface area contributed by atoms with Crippen LogP contribution >= 0.6 is 0 Å². The van der Waals surface area contributed by atoms with Gasteiger partial charge in [0, 0.05) is 29.7 Å². The van der Waals surface area contributed by atoms with Crippen molar-refractivity contribution in [1.29, 1.82) is 0 Å². The lowest BCUT2D eigenvalue weighted by molar-refractivity contribution is 0.409. The predicted octanol–water partition coefficient (Wildman–Crippen LogP) is 3.87. The molecule has 0 bridgehead atoms. The van der Waals surface area contributed by atoms with Gasteiger partial charge in [0.1, 0.15) is 5.69 Å². The molecule has 0 saturated heterocycles. The molecule has 0 spiro atoms. The Morgan fingerprint density at radius 1 is 1.21 bits per heavy atom. The molecule has 0 aliphatic carbocycles. The highest BCUT2D eigenvalue weighted by Crippen LogP contribution is 2.29. The summed E-state index contributed by atoms with van der Waals surface area (Å²) in [6.45, 7) is 3.70. The van der Waals surface area contributed by atoms with E-state index in [4.69, 9.17) is 11.2 Å². The third-order valence-corrected chi connectivity index (χ3v) is 3.38. The fraction of sp³-hybridized carbons (Fsp3) is 0.105. The van der Waals surface area contributed by atoms with E-state index in [9.17, 15) is 4.39 Å². The van der Waals surface area contributed by atoms with Gasteiger partial charge in [-0.05, 0) is 43.2 Å². The summed E-state index contributed by atoms with van der Waals surface area (Å²) < 4.78 is 19.5. The minimum Gasteiger partial charge on any atom is -0.420 e. The molecule has 0 unspecified atom stereocenters. The molecule has 0 saturated carbocycles. The summed E-state index contributed by atoms with van der Waals surface area (Å²) in [6, 6.07) is 9.41. The van der Waals surface area contributed by atoms with E-state index in [-0.39, 0.29) is 11.8 Å². The largest absolute Gasteiger partial charge is 0.420 e. The quantitative estimate of drug-likeness (QED) is 0.688. The van der Waals surface area contributed by atoms with Gasteiger partial charge in [-0.25, -0.2) is 19.3 Å². The number of terminal acetylenes is 1. The van der Waals surface area contributed by atoms with Crippen LogP contribution in [0, 0.1) is 38.1 Å². The minimum atomic E-state index is -0.547. The molecule has 4 nitrogen and oxygen atoms in total. The third-order valence-electron chi connectivity index (χ3n) is 3.38. The lowest BCUT2D eigenvalue weighted by atomic mass is 10.0. The highest BCUT2D eigenvalue weighted by Gasteiger charge is 2.12. The summed E-state index contributed by atoms with van der Waals surface area (Å²) >= 11 is 0. The fourth-order valence-electron chi connectivity index (χ4n) is 2.17. The number of aryl methyl sites for hydroxylation is 2. The molecule has 3 aromatic rings. The molecular formula is C19H13FN3O. The molecule has 117 valence electrons. The van der Waals surface area contributed by atoms with Crippen molar-refractivity contribution in [2.24, 2.45) is 0 Å². The minimum absolute atomic E-state index is 0.0693. The van der Waals surface area contributed by atoms with Gasteiger partial charge in [0.25, 0.3) is 0 Å². The van der Waals surface area contributed by atoms with E-state index < -0.39 is 5.82 Å². The number of halogens is 1. The first-order valence-corrected chi connectivity index (χ1v) is 7.20.